The van der Waals surface area contributed by atoms with E-state index in [4.69, 9.17) is 4.74 Å². The lowest BCUT2D eigenvalue weighted by atomic mass is 10.1. The quantitative estimate of drug-likeness (QED) is 0.514. The summed E-state index contributed by atoms with van der Waals surface area (Å²) >= 11 is 0. The SMILES string of the molecule is COc1ccc(CCCN=O)cc1. The molecule has 0 heterocycles. The molecule has 70 valence electrons. The fourth-order valence-electron chi connectivity index (χ4n) is 1.14. The van der Waals surface area contributed by atoms with Crippen LogP contribution in [0.5, 0.6) is 5.75 Å². The first-order valence-corrected chi connectivity index (χ1v) is 4.29. The molecule has 0 saturated carbocycles. The summed E-state index contributed by atoms with van der Waals surface area (Å²) in [5.41, 5.74) is 1.21. The van der Waals surface area contributed by atoms with Gasteiger partial charge in [-0.2, -0.15) is 4.91 Å². The van der Waals surface area contributed by atoms with Crippen LogP contribution in [-0.2, 0) is 6.42 Å². The van der Waals surface area contributed by atoms with Crippen molar-refractivity contribution in [3.05, 3.63) is 34.7 Å². The number of rotatable bonds is 5. The smallest absolute Gasteiger partial charge is 0.118 e. The summed E-state index contributed by atoms with van der Waals surface area (Å²) in [6.45, 7) is 0.395. The third kappa shape index (κ3) is 3.23. The van der Waals surface area contributed by atoms with Crippen molar-refractivity contribution in [1.29, 1.82) is 0 Å². The van der Waals surface area contributed by atoms with Crippen LogP contribution in [0.15, 0.2) is 29.4 Å². The Kier molecular flexibility index (Phi) is 3.96. The van der Waals surface area contributed by atoms with Crippen LogP contribution in [-0.4, -0.2) is 13.7 Å². The van der Waals surface area contributed by atoms with Crippen LogP contribution in [0.3, 0.4) is 0 Å². The van der Waals surface area contributed by atoms with E-state index in [1.807, 2.05) is 24.3 Å². The second-order valence-electron chi connectivity index (χ2n) is 2.80. The van der Waals surface area contributed by atoms with Crippen LogP contribution in [0.2, 0.25) is 0 Å². The fourth-order valence-corrected chi connectivity index (χ4v) is 1.14. The molecule has 1 aromatic carbocycles. The monoisotopic (exact) mass is 179 g/mol. The molecule has 0 radical (unpaired) electrons. The van der Waals surface area contributed by atoms with Crippen molar-refractivity contribution < 1.29 is 4.74 Å². The molecule has 0 atom stereocenters. The highest BCUT2D eigenvalue weighted by atomic mass is 16.5. The number of methoxy groups -OCH3 is 1. The first kappa shape index (κ1) is 9.71. The minimum atomic E-state index is 0.395. The summed E-state index contributed by atoms with van der Waals surface area (Å²) in [6.07, 6.45) is 1.71. The maximum Gasteiger partial charge on any atom is 0.118 e. The van der Waals surface area contributed by atoms with Gasteiger partial charge in [0.15, 0.2) is 0 Å². The predicted molar refractivity (Wildman–Crippen MR) is 52.0 cm³/mol. The van der Waals surface area contributed by atoms with Crippen LogP contribution in [0.4, 0.5) is 0 Å². The molecule has 0 aliphatic carbocycles. The van der Waals surface area contributed by atoms with E-state index in [-0.39, 0.29) is 0 Å². The largest absolute Gasteiger partial charge is 0.497 e. The van der Waals surface area contributed by atoms with Gasteiger partial charge in [-0.1, -0.05) is 17.3 Å². The zero-order valence-corrected chi connectivity index (χ0v) is 7.69. The minimum Gasteiger partial charge on any atom is -0.497 e. The molecule has 1 aromatic rings. The lowest BCUT2D eigenvalue weighted by molar-refractivity contribution is 0.414. The zero-order chi connectivity index (χ0) is 9.52. The molecule has 0 unspecified atom stereocenters. The van der Waals surface area contributed by atoms with E-state index in [0.29, 0.717) is 6.54 Å². The van der Waals surface area contributed by atoms with Crippen molar-refractivity contribution in [2.24, 2.45) is 5.18 Å². The molecule has 0 bridgehead atoms. The average Bonchev–Trinajstić information content (AvgIpc) is 2.19. The van der Waals surface area contributed by atoms with Gasteiger partial charge in [0.25, 0.3) is 0 Å². The van der Waals surface area contributed by atoms with Gasteiger partial charge >= 0.3 is 0 Å². The first-order valence-electron chi connectivity index (χ1n) is 4.29. The molecular formula is C10H13NO2. The molecule has 1 rings (SSSR count). The summed E-state index contributed by atoms with van der Waals surface area (Å²) in [6, 6.07) is 7.85. The molecule has 0 amide bonds. The van der Waals surface area contributed by atoms with E-state index >= 15 is 0 Å². The van der Waals surface area contributed by atoms with Gasteiger partial charge in [-0.15, -0.1) is 0 Å². The van der Waals surface area contributed by atoms with Gasteiger partial charge in [0, 0.05) is 0 Å². The molecule has 0 aliphatic heterocycles. The van der Waals surface area contributed by atoms with Crippen LogP contribution in [0, 0.1) is 4.91 Å². The van der Waals surface area contributed by atoms with Crippen LogP contribution >= 0.6 is 0 Å². The van der Waals surface area contributed by atoms with Crippen molar-refractivity contribution in [3.8, 4) is 5.75 Å². The molecule has 0 N–H and O–H groups in total. The fraction of sp³-hybridized carbons (Fsp3) is 0.400. The lowest BCUT2D eigenvalue weighted by Crippen LogP contribution is -1.88. The molecule has 3 nitrogen and oxygen atoms in total. The van der Waals surface area contributed by atoms with E-state index in [1.165, 1.54) is 5.56 Å². The van der Waals surface area contributed by atoms with Crippen molar-refractivity contribution in [2.45, 2.75) is 12.8 Å². The summed E-state index contributed by atoms with van der Waals surface area (Å²) in [4.78, 5) is 9.83. The van der Waals surface area contributed by atoms with E-state index in [9.17, 15) is 4.91 Å². The molecule has 3 heteroatoms. The normalized spacial score (nSPS) is 9.62. The van der Waals surface area contributed by atoms with Crippen molar-refractivity contribution in [1.82, 2.24) is 0 Å². The molecular weight excluding hydrogens is 166 g/mol. The van der Waals surface area contributed by atoms with Gasteiger partial charge < -0.3 is 4.74 Å². The Balaban J connectivity index is 2.44. The van der Waals surface area contributed by atoms with E-state index in [1.54, 1.807) is 7.11 Å². The highest BCUT2D eigenvalue weighted by Crippen LogP contribution is 2.12. The third-order valence-corrected chi connectivity index (χ3v) is 1.87. The molecule has 13 heavy (non-hydrogen) atoms. The highest BCUT2D eigenvalue weighted by Gasteiger charge is 1.94. The Hall–Kier alpha value is -1.38. The van der Waals surface area contributed by atoms with Gasteiger partial charge in [-0.05, 0) is 30.5 Å². The van der Waals surface area contributed by atoms with Crippen molar-refractivity contribution in [2.75, 3.05) is 13.7 Å². The maximum absolute atomic E-state index is 9.83. The van der Waals surface area contributed by atoms with Gasteiger partial charge in [0.05, 0.1) is 13.7 Å². The number of nitroso groups, excluding NO2 is 1. The molecule has 0 fully saturated rings. The first-order chi connectivity index (χ1) is 6.36. The van der Waals surface area contributed by atoms with Crippen molar-refractivity contribution >= 4 is 0 Å². The average molecular weight is 179 g/mol. The third-order valence-electron chi connectivity index (χ3n) is 1.87. The topological polar surface area (TPSA) is 38.7 Å². The minimum absolute atomic E-state index is 0.395. The number of ether oxygens (including phenoxy) is 1. The predicted octanol–water partition coefficient (Wildman–Crippen LogP) is 2.39. The van der Waals surface area contributed by atoms with Crippen LogP contribution in [0.1, 0.15) is 12.0 Å². The van der Waals surface area contributed by atoms with Gasteiger partial charge in [0.1, 0.15) is 5.75 Å². The van der Waals surface area contributed by atoms with Gasteiger partial charge in [-0.3, -0.25) is 0 Å². The lowest BCUT2D eigenvalue weighted by Gasteiger charge is -2.01. The summed E-state index contributed by atoms with van der Waals surface area (Å²) < 4.78 is 5.03. The van der Waals surface area contributed by atoms with Gasteiger partial charge in [-0.25, -0.2) is 0 Å². The van der Waals surface area contributed by atoms with Gasteiger partial charge in [0.2, 0.25) is 0 Å². The number of hydrogen-bond donors (Lipinski definition) is 0. The van der Waals surface area contributed by atoms with Crippen LogP contribution < -0.4 is 4.74 Å². The summed E-state index contributed by atoms with van der Waals surface area (Å²) in [5, 5.41) is 2.81. The number of nitrogens with zero attached hydrogens (tertiary/aromatic N) is 1. The number of hydrogen-bond acceptors (Lipinski definition) is 3. The van der Waals surface area contributed by atoms with Crippen LogP contribution in [0.25, 0.3) is 0 Å². The Morgan fingerprint density at radius 2 is 2.00 bits per heavy atom. The zero-order valence-electron chi connectivity index (χ0n) is 7.69. The Labute approximate surface area is 77.7 Å². The van der Waals surface area contributed by atoms with E-state index in [2.05, 4.69) is 5.18 Å². The second-order valence-corrected chi connectivity index (χ2v) is 2.80. The number of aryl methyl sites for hydroxylation is 1. The standard InChI is InChI=1S/C10H13NO2/c1-13-10-6-4-9(5-7-10)3-2-8-11-12/h4-7H,2-3,8H2,1H3. The Morgan fingerprint density at radius 1 is 1.31 bits per heavy atom. The number of benzene rings is 1. The summed E-state index contributed by atoms with van der Waals surface area (Å²) in [5.74, 6) is 0.859. The Bertz CT molecular complexity index is 256. The van der Waals surface area contributed by atoms with E-state index in [0.717, 1.165) is 18.6 Å². The summed E-state index contributed by atoms with van der Waals surface area (Å²) in [7, 11) is 1.64. The second kappa shape index (κ2) is 5.30. The molecule has 0 aromatic heterocycles. The van der Waals surface area contributed by atoms with E-state index < -0.39 is 0 Å². The molecule has 0 aliphatic rings. The maximum atomic E-state index is 9.83. The molecule has 0 spiro atoms. The Morgan fingerprint density at radius 3 is 2.54 bits per heavy atom. The van der Waals surface area contributed by atoms with Crippen molar-refractivity contribution in [3.63, 3.8) is 0 Å². The molecule has 0 saturated heterocycles. The highest BCUT2D eigenvalue weighted by molar-refractivity contribution is 5.27.